The van der Waals surface area contributed by atoms with Crippen molar-refractivity contribution in [3.8, 4) is 0 Å². The second-order valence-electron chi connectivity index (χ2n) is 6.67. The first kappa shape index (κ1) is 18.7. The number of para-hydroxylation sites is 1. The normalized spacial score (nSPS) is 13.8. The van der Waals surface area contributed by atoms with Crippen LogP contribution in [0.3, 0.4) is 0 Å². The van der Waals surface area contributed by atoms with E-state index < -0.39 is 9.84 Å². The SMILES string of the molecule is O=C(c1ccc(S(=O)(=O)c2ccc(Cl)cc2)cc1)N1CCCc2ccccc21. The third-order valence-corrected chi connectivity index (χ3v) is 6.93. The molecule has 0 aromatic heterocycles. The minimum atomic E-state index is -3.66. The van der Waals surface area contributed by atoms with Crippen LogP contribution >= 0.6 is 11.6 Å². The number of aryl methyl sites for hydroxylation is 1. The lowest BCUT2D eigenvalue weighted by Crippen LogP contribution is -2.35. The smallest absolute Gasteiger partial charge is 0.258 e. The van der Waals surface area contributed by atoms with Gasteiger partial charge in [-0.2, -0.15) is 0 Å². The first-order valence-corrected chi connectivity index (χ1v) is 10.8. The van der Waals surface area contributed by atoms with Crippen LogP contribution in [0, 0.1) is 0 Å². The Morgan fingerprint density at radius 3 is 2.14 bits per heavy atom. The lowest BCUT2D eigenvalue weighted by Gasteiger charge is -2.29. The third-order valence-electron chi connectivity index (χ3n) is 4.89. The van der Waals surface area contributed by atoms with E-state index in [1.165, 1.54) is 24.3 Å². The lowest BCUT2D eigenvalue weighted by molar-refractivity contribution is 0.0985. The average molecular weight is 412 g/mol. The summed E-state index contributed by atoms with van der Waals surface area (Å²) in [6.07, 6.45) is 1.87. The summed E-state index contributed by atoms with van der Waals surface area (Å²) in [5, 5.41) is 0.474. The van der Waals surface area contributed by atoms with Crippen molar-refractivity contribution in [1.82, 2.24) is 0 Å². The van der Waals surface area contributed by atoms with Gasteiger partial charge in [-0.3, -0.25) is 4.79 Å². The van der Waals surface area contributed by atoms with Crippen LogP contribution in [0.15, 0.2) is 82.6 Å². The molecule has 4 nitrogen and oxygen atoms in total. The zero-order chi connectivity index (χ0) is 19.7. The van der Waals surface area contributed by atoms with Crippen LogP contribution in [0.25, 0.3) is 0 Å². The van der Waals surface area contributed by atoms with E-state index in [2.05, 4.69) is 0 Å². The summed E-state index contributed by atoms with van der Waals surface area (Å²) >= 11 is 5.84. The molecule has 1 aliphatic heterocycles. The van der Waals surface area contributed by atoms with Crippen molar-refractivity contribution < 1.29 is 13.2 Å². The standard InChI is InChI=1S/C22H18ClNO3S/c23-18-9-13-20(14-10-18)28(26,27)19-11-7-17(8-12-19)22(25)24-15-3-5-16-4-1-2-6-21(16)24/h1-2,4,6-14H,3,5,15H2. The third kappa shape index (κ3) is 3.43. The van der Waals surface area contributed by atoms with Gasteiger partial charge in [0.2, 0.25) is 9.84 Å². The van der Waals surface area contributed by atoms with Crippen LogP contribution in [0.4, 0.5) is 5.69 Å². The Hall–Kier alpha value is -2.63. The minimum Gasteiger partial charge on any atom is -0.308 e. The average Bonchev–Trinajstić information content (AvgIpc) is 2.73. The molecule has 1 aliphatic rings. The second-order valence-corrected chi connectivity index (χ2v) is 9.06. The van der Waals surface area contributed by atoms with Crippen LogP contribution in [0.5, 0.6) is 0 Å². The summed E-state index contributed by atoms with van der Waals surface area (Å²) in [5.41, 5.74) is 2.55. The highest BCUT2D eigenvalue weighted by molar-refractivity contribution is 7.91. The number of carbonyl (C=O) groups is 1. The summed E-state index contributed by atoms with van der Waals surface area (Å²) in [6.45, 7) is 0.653. The van der Waals surface area contributed by atoms with Gasteiger partial charge in [-0.05, 0) is 73.0 Å². The van der Waals surface area contributed by atoms with Gasteiger partial charge in [0.15, 0.2) is 0 Å². The number of hydrogen-bond donors (Lipinski definition) is 0. The van der Waals surface area contributed by atoms with Gasteiger partial charge >= 0.3 is 0 Å². The molecular formula is C22H18ClNO3S. The van der Waals surface area contributed by atoms with Gasteiger partial charge < -0.3 is 4.90 Å². The Balaban J connectivity index is 1.62. The molecule has 0 saturated carbocycles. The Morgan fingerprint density at radius 1 is 0.857 bits per heavy atom. The fraction of sp³-hybridized carbons (Fsp3) is 0.136. The first-order chi connectivity index (χ1) is 13.5. The summed E-state index contributed by atoms with van der Waals surface area (Å²) < 4.78 is 25.5. The van der Waals surface area contributed by atoms with E-state index in [4.69, 9.17) is 11.6 Å². The summed E-state index contributed by atoms with van der Waals surface area (Å²) in [6, 6.07) is 20.0. The van der Waals surface area contributed by atoms with Crippen molar-refractivity contribution >= 4 is 33.0 Å². The van der Waals surface area contributed by atoms with Gasteiger partial charge in [-0.25, -0.2) is 8.42 Å². The van der Waals surface area contributed by atoms with Gasteiger partial charge in [-0.1, -0.05) is 29.8 Å². The van der Waals surface area contributed by atoms with Crippen molar-refractivity contribution in [2.75, 3.05) is 11.4 Å². The van der Waals surface area contributed by atoms with Gasteiger partial charge in [0, 0.05) is 22.8 Å². The van der Waals surface area contributed by atoms with Gasteiger partial charge in [0.1, 0.15) is 0 Å². The van der Waals surface area contributed by atoms with Crippen LogP contribution in [-0.4, -0.2) is 20.9 Å². The number of carbonyl (C=O) groups excluding carboxylic acids is 1. The van der Waals surface area contributed by atoms with Gasteiger partial charge in [0.05, 0.1) is 9.79 Å². The van der Waals surface area contributed by atoms with E-state index >= 15 is 0 Å². The second kappa shape index (κ2) is 7.41. The number of sulfone groups is 1. The zero-order valence-electron chi connectivity index (χ0n) is 15.0. The maximum absolute atomic E-state index is 13.0. The molecular weight excluding hydrogens is 394 g/mol. The fourth-order valence-electron chi connectivity index (χ4n) is 3.43. The van der Waals surface area contributed by atoms with Crippen LogP contribution in [0.2, 0.25) is 5.02 Å². The molecule has 0 bridgehead atoms. The highest BCUT2D eigenvalue weighted by atomic mass is 35.5. The minimum absolute atomic E-state index is 0.123. The molecule has 1 heterocycles. The van der Waals surface area contributed by atoms with Gasteiger partial charge in [-0.15, -0.1) is 0 Å². The molecule has 142 valence electrons. The van der Waals surface area contributed by atoms with Crippen molar-refractivity contribution in [3.63, 3.8) is 0 Å². The molecule has 4 rings (SSSR count). The number of fused-ring (bicyclic) bond motifs is 1. The number of hydrogen-bond acceptors (Lipinski definition) is 3. The van der Waals surface area contributed by atoms with Crippen LogP contribution < -0.4 is 4.90 Å². The van der Waals surface area contributed by atoms with Crippen molar-refractivity contribution in [2.24, 2.45) is 0 Å². The summed E-state index contributed by atoms with van der Waals surface area (Å²) in [5.74, 6) is -0.123. The topological polar surface area (TPSA) is 54.5 Å². The molecule has 3 aromatic rings. The highest BCUT2D eigenvalue weighted by Crippen LogP contribution is 2.29. The predicted octanol–water partition coefficient (Wildman–Crippen LogP) is 4.77. The zero-order valence-corrected chi connectivity index (χ0v) is 16.6. The molecule has 0 N–H and O–H groups in total. The van der Waals surface area contributed by atoms with Gasteiger partial charge in [0.25, 0.3) is 5.91 Å². The van der Waals surface area contributed by atoms with Crippen LogP contribution in [-0.2, 0) is 16.3 Å². The van der Waals surface area contributed by atoms with Crippen molar-refractivity contribution in [1.29, 1.82) is 0 Å². The summed E-state index contributed by atoms with van der Waals surface area (Å²) in [7, 11) is -3.66. The number of rotatable bonds is 3. The first-order valence-electron chi connectivity index (χ1n) is 8.97. The fourth-order valence-corrected chi connectivity index (χ4v) is 4.81. The van der Waals surface area contributed by atoms with Crippen LogP contribution in [0.1, 0.15) is 22.3 Å². The quantitative estimate of drug-likeness (QED) is 0.624. The molecule has 0 aliphatic carbocycles. The molecule has 0 saturated heterocycles. The number of halogens is 1. The summed E-state index contributed by atoms with van der Waals surface area (Å²) in [4.78, 5) is 15.1. The monoisotopic (exact) mass is 411 g/mol. The van der Waals surface area contributed by atoms with E-state index in [1.54, 1.807) is 29.2 Å². The van der Waals surface area contributed by atoms with E-state index in [0.29, 0.717) is 17.1 Å². The molecule has 0 atom stereocenters. The molecule has 3 aromatic carbocycles. The number of benzene rings is 3. The van der Waals surface area contributed by atoms with E-state index in [1.807, 2.05) is 24.3 Å². The number of anilines is 1. The van der Waals surface area contributed by atoms with Crippen molar-refractivity contribution in [3.05, 3.63) is 88.9 Å². The Bertz CT molecular complexity index is 1120. The Kier molecular flexibility index (Phi) is 4.96. The molecule has 0 radical (unpaired) electrons. The Morgan fingerprint density at radius 2 is 1.46 bits per heavy atom. The molecule has 0 spiro atoms. The maximum atomic E-state index is 13.0. The molecule has 6 heteroatoms. The number of amides is 1. The van der Waals surface area contributed by atoms with Crippen molar-refractivity contribution in [2.45, 2.75) is 22.6 Å². The highest BCUT2D eigenvalue weighted by Gasteiger charge is 2.24. The molecule has 28 heavy (non-hydrogen) atoms. The lowest BCUT2D eigenvalue weighted by atomic mass is 10.0. The Labute approximate surface area is 169 Å². The van der Waals surface area contributed by atoms with E-state index in [0.717, 1.165) is 24.1 Å². The molecule has 0 unspecified atom stereocenters. The van der Waals surface area contributed by atoms with E-state index in [-0.39, 0.29) is 15.7 Å². The van der Waals surface area contributed by atoms with E-state index in [9.17, 15) is 13.2 Å². The maximum Gasteiger partial charge on any atom is 0.258 e. The predicted molar refractivity (Wildman–Crippen MR) is 110 cm³/mol. The number of nitrogens with zero attached hydrogens (tertiary/aromatic N) is 1. The molecule has 1 amide bonds. The largest absolute Gasteiger partial charge is 0.308 e. The molecule has 0 fully saturated rings.